The highest BCUT2D eigenvalue weighted by atomic mass is 32.2. The van der Waals surface area contributed by atoms with Crippen LogP contribution in [0.15, 0.2) is 63.0 Å². The molecule has 0 amide bonds. The Morgan fingerprint density at radius 1 is 1.07 bits per heavy atom. The van der Waals surface area contributed by atoms with E-state index in [1.165, 1.54) is 17.3 Å². The van der Waals surface area contributed by atoms with Gasteiger partial charge in [0.05, 0.1) is 16.7 Å². The second-order valence-corrected chi connectivity index (χ2v) is 7.98. The van der Waals surface area contributed by atoms with E-state index in [0.29, 0.717) is 46.0 Å². The van der Waals surface area contributed by atoms with Gasteiger partial charge < -0.3 is 4.52 Å². The van der Waals surface area contributed by atoms with Gasteiger partial charge in [0, 0.05) is 12.1 Å². The van der Waals surface area contributed by atoms with Crippen molar-refractivity contribution in [2.24, 2.45) is 0 Å². The van der Waals surface area contributed by atoms with Gasteiger partial charge in [-0.15, -0.1) is 0 Å². The van der Waals surface area contributed by atoms with Gasteiger partial charge >= 0.3 is 0 Å². The topological polar surface area (TPSA) is 73.8 Å². The Hall–Kier alpha value is -2.93. The molecule has 6 nitrogen and oxygen atoms in total. The van der Waals surface area contributed by atoms with Crippen LogP contribution in [0.3, 0.4) is 0 Å². The molecule has 2 aromatic heterocycles. The molecule has 0 N–H and O–H groups in total. The highest BCUT2D eigenvalue weighted by Gasteiger charge is 2.14. The highest BCUT2D eigenvalue weighted by Crippen LogP contribution is 2.24. The fourth-order valence-corrected chi connectivity index (χ4v) is 4.01. The monoisotopic (exact) mass is 406 g/mol. The number of thioether (sulfide) groups is 1. The van der Waals surface area contributed by atoms with Crippen LogP contribution in [-0.2, 0) is 12.3 Å². The molecule has 0 radical (unpaired) electrons. The zero-order chi connectivity index (χ0) is 20.4. The number of rotatable bonds is 6. The molecule has 0 saturated carbocycles. The molecule has 0 aliphatic rings. The van der Waals surface area contributed by atoms with E-state index < -0.39 is 0 Å². The van der Waals surface area contributed by atoms with Crippen LogP contribution in [-0.4, -0.2) is 19.7 Å². The summed E-state index contributed by atoms with van der Waals surface area (Å²) in [4.78, 5) is 21.9. The van der Waals surface area contributed by atoms with Crippen molar-refractivity contribution in [1.82, 2.24) is 19.7 Å². The summed E-state index contributed by atoms with van der Waals surface area (Å²) in [5, 5.41) is 5.37. The number of para-hydroxylation sites is 1. The number of hydrogen-bond acceptors (Lipinski definition) is 6. The summed E-state index contributed by atoms with van der Waals surface area (Å²) in [5.74, 6) is 1.99. The van der Waals surface area contributed by atoms with Gasteiger partial charge in [-0.2, -0.15) is 4.98 Å². The van der Waals surface area contributed by atoms with E-state index in [1.54, 1.807) is 10.6 Å². The van der Waals surface area contributed by atoms with E-state index in [4.69, 9.17) is 4.52 Å². The minimum atomic E-state index is -0.0305. The largest absolute Gasteiger partial charge is 0.338 e. The first-order chi connectivity index (χ1) is 14.1. The number of fused-ring (bicyclic) bond motifs is 1. The second kappa shape index (κ2) is 8.21. The second-order valence-electron chi connectivity index (χ2n) is 7.04. The molecule has 0 aliphatic carbocycles. The molecule has 0 unspecified atom stereocenters. The standard InChI is InChI=1S/C22H22N4O2S/c1-4-26-21(27)17-7-5-6-8-18(17)23-22(26)29-13-19-24-20(25-28-19)16-11-9-15(10-12-16)14(2)3/h5-12,14H,4,13H2,1-3H3. The normalized spacial score (nSPS) is 11.4. The van der Waals surface area contributed by atoms with Gasteiger partial charge in [-0.3, -0.25) is 9.36 Å². The minimum absolute atomic E-state index is 0.0305. The molecule has 29 heavy (non-hydrogen) atoms. The van der Waals surface area contributed by atoms with E-state index >= 15 is 0 Å². The van der Waals surface area contributed by atoms with E-state index in [0.717, 1.165) is 5.56 Å². The Morgan fingerprint density at radius 3 is 2.55 bits per heavy atom. The molecular weight excluding hydrogens is 384 g/mol. The quantitative estimate of drug-likeness (QED) is 0.335. The molecule has 0 saturated heterocycles. The van der Waals surface area contributed by atoms with Crippen LogP contribution in [0, 0.1) is 0 Å². The predicted octanol–water partition coefficient (Wildman–Crippen LogP) is 4.88. The molecule has 0 aliphatic heterocycles. The smallest absolute Gasteiger partial charge is 0.262 e. The number of nitrogens with zero attached hydrogens (tertiary/aromatic N) is 4. The van der Waals surface area contributed by atoms with Crippen molar-refractivity contribution in [3.63, 3.8) is 0 Å². The summed E-state index contributed by atoms with van der Waals surface area (Å²) in [5.41, 5.74) is 2.86. The Labute approximate surface area is 173 Å². The SMILES string of the molecule is CCn1c(SCc2nc(-c3ccc(C(C)C)cc3)no2)nc2ccccc2c1=O. The van der Waals surface area contributed by atoms with Crippen molar-refractivity contribution in [3.8, 4) is 11.4 Å². The van der Waals surface area contributed by atoms with Crippen molar-refractivity contribution in [1.29, 1.82) is 0 Å². The lowest BCUT2D eigenvalue weighted by Gasteiger charge is -2.10. The third kappa shape index (κ3) is 3.96. The average molecular weight is 407 g/mol. The summed E-state index contributed by atoms with van der Waals surface area (Å²) >= 11 is 1.42. The maximum absolute atomic E-state index is 12.7. The molecule has 0 atom stereocenters. The first-order valence-corrected chi connectivity index (χ1v) is 10.6. The van der Waals surface area contributed by atoms with Crippen LogP contribution in [0.5, 0.6) is 0 Å². The number of aromatic nitrogens is 4. The summed E-state index contributed by atoms with van der Waals surface area (Å²) in [6, 6.07) is 15.6. The molecule has 2 aromatic carbocycles. The van der Waals surface area contributed by atoms with Crippen LogP contribution in [0.25, 0.3) is 22.3 Å². The molecule has 0 spiro atoms. The molecular formula is C22H22N4O2S. The zero-order valence-corrected chi connectivity index (χ0v) is 17.4. The van der Waals surface area contributed by atoms with Gasteiger partial charge in [-0.05, 0) is 30.5 Å². The maximum atomic E-state index is 12.7. The predicted molar refractivity (Wildman–Crippen MR) is 115 cm³/mol. The van der Waals surface area contributed by atoms with E-state index in [9.17, 15) is 4.79 Å². The summed E-state index contributed by atoms with van der Waals surface area (Å²) in [6.45, 7) is 6.81. The van der Waals surface area contributed by atoms with E-state index in [2.05, 4.69) is 41.1 Å². The molecule has 4 aromatic rings. The summed E-state index contributed by atoms with van der Waals surface area (Å²) < 4.78 is 7.09. The average Bonchev–Trinajstić information content (AvgIpc) is 3.21. The van der Waals surface area contributed by atoms with Crippen LogP contribution < -0.4 is 5.56 Å². The van der Waals surface area contributed by atoms with Crippen LogP contribution in [0.4, 0.5) is 0 Å². The van der Waals surface area contributed by atoms with Crippen LogP contribution >= 0.6 is 11.8 Å². The van der Waals surface area contributed by atoms with E-state index in [1.807, 2.05) is 37.3 Å². The zero-order valence-electron chi connectivity index (χ0n) is 16.6. The first-order valence-electron chi connectivity index (χ1n) is 9.62. The Balaban J connectivity index is 1.55. The van der Waals surface area contributed by atoms with Crippen LogP contribution in [0.1, 0.15) is 38.1 Å². The van der Waals surface area contributed by atoms with Crippen molar-refractivity contribution in [2.45, 2.75) is 44.1 Å². The highest BCUT2D eigenvalue weighted by molar-refractivity contribution is 7.98. The Kier molecular flexibility index (Phi) is 5.49. The number of hydrogen-bond donors (Lipinski definition) is 0. The molecule has 4 rings (SSSR count). The molecule has 7 heteroatoms. The molecule has 0 fully saturated rings. The third-order valence-corrected chi connectivity index (χ3v) is 5.73. The third-order valence-electron chi connectivity index (χ3n) is 4.77. The molecule has 2 heterocycles. The number of benzene rings is 2. The van der Waals surface area contributed by atoms with Gasteiger partial charge in [0.25, 0.3) is 5.56 Å². The Morgan fingerprint density at radius 2 is 1.83 bits per heavy atom. The lowest BCUT2D eigenvalue weighted by atomic mass is 10.0. The minimum Gasteiger partial charge on any atom is -0.338 e. The van der Waals surface area contributed by atoms with Gasteiger partial charge in [0.1, 0.15) is 0 Å². The fraction of sp³-hybridized carbons (Fsp3) is 0.273. The first kappa shape index (κ1) is 19.4. The van der Waals surface area contributed by atoms with Gasteiger partial charge in [-0.1, -0.05) is 67.2 Å². The Bertz CT molecular complexity index is 1200. The van der Waals surface area contributed by atoms with Crippen molar-refractivity contribution in [2.75, 3.05) is 0 Å². The van der Waals surface area contributed by atoms with Gasteiger partial charge in [0.2, 0.25) is 11.7 Å². The summed E-state index contributed by atoms with van der Waals surface area (Å²) in [6.07, 6.45) is 0. The van der Waals surface area contributed by atoms with E-state index in [-0.39, 0.29) is 5.56 Å². The fourth-order valence-electron chi connectivity index (χ4n) is 3.11. The van der Waals surface area contributed by atoms with Crippen molar-refractivity contribution in [3.05, 3.63) is 70.3 Å². The van der Waals surface area contributed by atoms with Crippen molar-refractivity contribution >= 4 is 22.7 Å². The lowest BCUT2D eigenvalue weighted by molar-refractivity contribution is 0.391. The van der Waals surface area contributed by atoms with Gasteiger partial charge in [0.15, 0.2) is 5.16 Å². The summed E-state index contributed by atoms with van der Waals surface area (Å²) in [7, 11) is 0. The molecule has 0 bridgehead atoms. The maximum Gasteiger partial charge on any atom is 0.262 e. The van der Waals surface area contributed by atoms with Crippen molar-refractivity contribution < 1.29 is 4.52 Å². The van der Waals surface area contributed by atoms with Crippen LogP contribution in [0.2, 0.25) is 0 Å². The lowest BCUT2D eigenvalue weighted by Crippen LogP contribution is -2.22. The van der Waals surface area contributed by atoms with Gasteiger partial charge in [-0.25, -0.2) is 4.98 Å². The molecule has 148 valence electrons.